The Morgan fingerprint density at radius 2 is 1.38 bits per heavy atom. The number of methoxy groups -OCH3 is 1. The molecule has 0 N–H and O–H groups in total. The minimum Gasteiger partial charge on any atom is -0.493 e. The summed E-state index contributed by atoms with van der Waals surface area (Å²) in [5, 5.41) is 0.241. The fourth-order valence-corrected chi connectivity index (χ4v) is 4.70. The molecule has 4 aromatic carbocycles. The van der Waals surface area contributed by atoms with E-state index in [0.29, 0.717) is 28.4 Å². The first kappa shape index (κ1) is 26.7. The first-order valence-corrected chi connectivity index (χ1v) is 12.9. The molecule has 7 nitrogen and oxygen atoms in total. The standard InChI is InChI=1S/C32H25ClN2O5/c1-21-10-9-11-22(16-21)20-40-29-27(33)18-23(19-28(29)39-2)17-26-30(36)34(24-12-5-3-6-13-24)32(38)35(31(26)37)25-14-7-4-8-15-25/h3-19H,20H2,1-2H3. The average molecular weight is 553 g/mol. The van der Waals surface area contributed by atoms with Crippen molar-refractivity contribution >= 4 is 46.9 Å². The maximum Gasteiger partial charge on any atom is 0.343 e. The summed E-state index contributed by atoms with van der Waals surface area (Å²) in [6, 6.07) is 27.3. The molecule has 0 aliphatic carbocycles. The molecule has 40 heavy (non-hydrogen) atoms. The number of aryl methyl sites for hydroxylation is 1. The molecule has 1 aliphatic heterocycles. The Kier molecular flexibility index (Phi) is 7.66. The van der Waals surface area contributed by atoms with Crippen LogP contribution in [0.2, 0.25) is 5.02 Å². The fourth-order valence-electron chi connectivity index (χ4n) is 4.43. The Morgan fingerprint density at radius 1 is 0.775 bits per heavy atom. The number of hydrogen-bond acceptors (Lipinski definition) is 5. The normalized spacial score (nSPS) is 13.5. The summed E-state index contributed by atoms with van der Waals surface area (Å²) in [7, 11) is 1.48. The number of ether oxygens (including phenoxy) is 2. The summed E-state index contributed by atoms with van der Waals surface area (Å²) in [5.41, 5.74) is 2.97. The maximum absolute atomic E-state index is 13.6. The number of hydrogen-bond donors (Lipinski definition) is 0. The number of carbonyl (C=O) groups is 3. The van der Waals surface area contributed by atoms with Crippen LogP contribution in [0, 0.1) is 6.92 Å². The van der Waals surface area contributed by atoms with Gasteiger partial charge in [-0.3, -0.25) is 9.59 Å². The van der Waals surface area contributed by atoms with Crippen molar-refractivity contribution in [1.82, 2.24) is 0 Å². The number of imide groups is 2. The largest absolute Gasteiger partial charge is 0.493 e. The van der Waals surface area contributed by atoms with Crippen molar-refractivity contribution in [2.75, 3.05) is 16.9 Å². The second-order valence-electron chi connectivity index (χ2n) is 9.10. The highest BCUT2D eigenvalue weighted by Gasteiger charge is 2.43. The van der Waals surface area contributed by atoms with Crippen molar-refractivity contribution in [2.24, 2.45) is 0 Å². The van der Waals surface area contributed by atoms with Gasteiger partial charge in [0, 0.05) is 0 Å². The molecule has 0 unspecified atom stereocenters. The van der Waals surface area contributed by atoms with Gasteiger partial charge in [-0.1, -0.05) is 77.8 Å². The van der Waals surface area contributed by atoms with Crippen molar-refractivity contribution in [3.8, 4) is 11.5 Å². The van der Waals surface area contributed by atoms with Crippen LogP contribution in [0.3, 0.4) is 0 Å². The first-order valence-electron chi connectivity index (χ1n) is 12.5. The lowest BCUT2D eigenvalue weighted by atomic mass is 10.0. The topological polar surface area (TPSA) is 76.2 Å². The molecule has 1 fully saturated rings. The van der Waals surface area contributed by atoms with Gasteiger partial charge in [-0.25, -0.2) is 14.6 Å². The lowest BCUT2D eigenvalue weighted by molar-refractivity contribution is -0.121. The number of para-hydroxylation sites is 2. The second kappa shape index (κ2) is 11.5. The summed E-state index contributed by atoms with van der Waals surface area (Å²) < 4.78 is 11.5. The van der Waals surface area contributed by atoms with Gasteiger partial charge >= 0.3 is 6.03 Å². The van der Waals surface area contributed by atoms with Gasteiger partial charge in [0.25, 0.3) is 11.8 Å². The Bertz CT molecular complexity index is 1560. The van der Waals surface area contributed by atoms with Gasteiger partial charge in [-0.2, -0.15) is 0 Å². The SMILES string of the molecule is COc1cc(C=C2C(=O)N(c3ccccc3)C(=O)N(c3ccccc3)C2=O)cc(Cl)c1OCc1cccc(C)c1. The number of nitrogens with zero attached hydrogens (tertiary/aromatic N) is 2. The third-order valence-corrected chi connectivity index (χ3v) is 6.59. The van der Waals surface area contributed by atoms with E-state index in [-0.39, 0.29) is 17.2 Å². The molecule has 0 aromatic heterocycles. The molecule has 0 radical (unpaired) electrons. The van der Waals surface area contributed by atoms with Crippen LogP contribution in [-0.4, -0.2) is 25.0 Å². The number of barbiturate groups is 1. The van der Waals surface area contributed by atoms with E-state index >= 15 is 0 Å². The van der Waals surface area contributed by atoms with Crippen molar-refractivity contribution in [2.45, 2.75) is 13.5 Å². The van der Waals surface area contributed by atoms with Crippen LogP contribution in [0.1, 0.15) is 16.7 Å². The molecule has 4 amide bonds. The molecule has 0 bridgehead atoms. The van der Waals surface area contributed by atoms with E-state index in [4.69, 9.17) is 21.1 Å². The predicted octanol–water partition coefficient (Wildman–Crippen LogP) is 6.82. The molecule has 4 aromatic rings. The smallest absolute Gasteiger partial charge is 0.343 e. The molecule has 1 heterocycles. The maximum atomic E-state index is 13.6. The van der Waals surface area contributed by atoms with Crippen molar-refractivity contribution in [3.63, 3.8) is 0 Å². The van der Waals surface area contributed by atoms with E-state index in [9.17, 15) is 14.4 Å². The second-order valence-corrected chi connectivity index (χ2v) is 9.51. The quantitative estimate of drug-likeness (QED) is 0.186. The van der Waals surface area contributed by atoms with E-state index in [1.165, 1.54) is 13.2 Å². The van der Waals surface area contributed by atoms with Crippen LogP contribution >= 0.6 is 11.6 Å². The van der Waals surface area contributed by atoms with E-state index in [1.807, 2.05) is 31.2 Å². The fraction of sp³-hybridized carbons (Fsp3) is 0.0938. The number of amides is 4. The molecule has 8 heteroatoms. The number of anilines is 2. The van der Waals surface area contributed by atoms with Gasteiger partial charge in [0.15, 0.2) is 11.5 Å². The van der Waals surface area contributed by atoms with Gasteiger partial charge < -0.3 is 9.47 Å². The van der Waals surface area contributed by atoms with Crippen LogP contribution in [0.4, 0.5) is 16.2 Å². The number of rotatable bonds is 7. The lowest BCUT2D eigenvalue weighted by Gasteiger charge is -2.34. The van der Waals surface area contributed by atoms with Gasteiger partial charge in [0.2, 0.25) is 0 Å². The zero-order valence-corrected chi connectivity index (χ0v) is 22.6. The molecule has 1 saturated heterocycles. The number of carbonyl (C=O) groups excluding carboxylic acids is 3. The molecular formula is C32H25ClN2O5. The van der Waals surface area contributed by atoms with Crippen LogP contribution < -0.4 is 19.3 Å². The average Bonchev–Trinajstić information content (AvgIpc) is 2.96. The van der Waals surface area contributed by atoms with E-state index < -0.39 is 17.8 Å². The Balaban J connectivity index is 1.54. The van der Waals surface area contributed by atoms with E-state index in [0.717, 1.165) is 20.9 Å². The minimum absolute atomic E-state index is 0.209. The van der Waals surface area contributed by atoms with Crippen LogP contribution in [0.5, 0.6) is 11.5 Å². The third kappa shape index (κ3) is 5.32. The van der Waals surface area contributed by atoms with Gasteiger partial charge in [0.05, 0.1) is 23.5 Å². The zero-order chi connectivity index (χ0) is 28.2. The van der Waals surface area contributed by atoms with Gasteiger partial charge in [-0.05, 0) is 60.5 Å². The number of urea groups is 1. The molecule has 0 atom stereocenters. The molecule has 5 rings (SSSR count). The van der Waals surface area contributed by atoms with Crippen LogP contribution in [-0.2, 0) is 16.2 Å². The van der Waals surface area contributed by atoms with Gasteiger partial charge in [-0.15, -0.1) is 0 Å². The lowest BCUT2D eigenvalue weighted by Crippen LogP contribution is -2.57. The van der Waals surface area contributed by atoms with Crippen molar-refractivity contribution < 1.29 is 23.9 Å². The van der Waals surface area contributed by atoms with E-state index in [1.54, 1.807) is 72.8 Å². The highest BCUT2D eigenvalue weighted by molar-refractivity contribution is 6.46. The molecule has 0 saturated carbocycles. The monoisotopic (exact) mass is 552 g/mol. The van der Waals surface area contributed by atoms with Crippen LogP contribution in [0.15, 0.2) is 103 Å². The van der Waals surface area contributed by atoms with Crippen molar-refractivity contribution in [1.29, 1.82) is 0 Å². The van der Waals surface area contributed by atoms with Crippen LogP contribution in [0.25, 0.3) is 6.08 Å². The summed E-state index contributed by atoms with van der Waals surface area (Å²) in [5.74, 6) is -0.828. The molecule has 1 aliphatic rings. The third-order valence-electron chi connectivity index (χ3n) is 6.31. The highest BCUT2D eigenvalue weighted by atomic mass is 35.5. The number of benzene rings is 4. The minimum atomic E-state index is -0.764. The molecular weight excluding hydrogens is 528 g/mol. The Morgan fingerprint density at radius 3 is 1.93 bits per heavy atom. The summed E-state index contributed by atoms with van der Waals surface area (Å²) >= 11 is 6.59. The predicted molar refractivity (Wildman–Crippen MR) is 155 cm³/mol. The van der Waals surface area contributed by atoms with Gasteiger partial charge in [0.1, 0.15) is 12.2 Å². The van der Waals surface area contributed by atoms with E-state index in [2.05, 4.69) is 0 Å². The Hall–Kier alpha value is -4.88. The summed E-state index contributed by atoms with van der Waals surface area (Å²) in [6.45, 7) is 2.27. The highest BCUT2D eigenvalue weighted by Crippen LogP contribution is 2.38. The first-order chi connectivity index (χ1) is 19.4. The van der Waals surface area contributed by atoms with Crippen molar-refractivity contribution in [3.05, 3.63) is 124 Å². The molecule has 0 spiro atoms. The zero-order valence-electron chi connectivity index (χ0n) is 21.8. The molecule has 200 valence electrons. The summed E-state index contributed by atoms with van der Waals surface area (Å²) in [6.07, 6.45) is 1.40. The summed E-state index contributed by atoms with van der Waals surface area (Å²) in [4.78, 5) is 42.7. The number of halogens is 1. The Labute approximate surface area is 236 Å².